The molecule has 2 N–H and O–H groups in total. The highest BCUT2D eigenvalue weighted by atomic mass is 16.4. The average molecular weight is 229 g/mol. The van der Waals surface area contributed by atoms with Gasteiger partial charge in [0.1, 0.15) is 0 Å². The Morgan fingerprint density at radius 1 is 1.44 bits per heavy atom. The molecule has 0 saturated carbocycles. The Labute approximate surface area is 95.1 Å². The second kappa shape index (κ2) is 5.84. The summed E-state index contributed by atoms with van der Waals surface area (Å²) in [7, 11) is 0. The van der Waals surface area contributed by atoms with E-state index in [1.165, 1.54) is 0 Å². The summed E-state index contributed by atoms with van der Waals surface area (Å²) in [6.07, 6.45) is 1.41. The number of likely N-dealkylation sites (tertiary alicyclic amines) is 1. The SMILES string of the molecule is CC(CC(=O)O)CC(=O)N1CCC[C@H](O)C1. The number of carboxylic acid groups (broad SMARTS) is 1. The van der Waals surface area contributed by atoms with Gasteiger partial charge in [-0.15, -0.1) is 0 Å². The first-order valence-corrected chi connectivity index (χ1v) is 5.66. The normalized spacial score (nSPS) is 22.9. The fourth-order valence-electron chi connectivity index (χ4n) is 1.98. The molecule has 92 valence electrons. The molecule has 1 rings (SSSR count). The van der Waals surface area contributed by atoms with E-state index in [0.717, 1.165) is 12.8 Å². The van der Waals surface area contributed by atoms with Gasteiger partial charge in [0.2, 0.25) is 5.91 Å². The Morgan fingerprint density at radius 2 is 2.12 bits per heavy atom. The minimum absolute atomic E-state index is 0.0160. The summed E-state index contributed by atoms with van der Waals surface area (Å²) in [6, 6.07) is 0. The number of aliphatic hydroxyl groups is 1. The van der Waals surface area contributed by atoms with Gasteiger partial charge < -0.3 is 15.1 Å². The molecule has 0 radical (unpaired) electrons. The van der Waals surface area contributed by atoms with Crippen molar-refractivity contribution < 1.29 is 19.8 Å². The van der Waals surface area contributed by atoms with Crippen molar-refractivity contribution in [3.05, 3.63) is 0 Å². The topological polar surface area (TPSA) is 77.8 Å². The fourth-order valence-corrected chi connectivity index (χ4v) is 1.98. The lowest BCUT2D eigenvalue weighted by atomic mass is 10.0. The summed E-state index contributed by atoms with van der Waals surface area (Å²) >= 11 is 0. The molecular formula is C11H19NO4. The van der Waals surface area contributed by atoms with Gasteiger partial charge in [-0.1, -0.05) is 6.92 Å². The highest BCUT2D eigenvalue weighted by Crippen LogP contribution is 2.15. The van der Waals surface area contributed by atoms with Gasteiger partial charge in [0.05, 0.1) is 6.10 Å². The second-order valence-corrected chi connectivity index (χ2v) is 4.54. The first-order chi connectivity index (χ1) is 7.49. The molecule has 0 bridgehead atoms. The van der Waals surface area contributed by atoms with E-state index in [1.807, 2.05) is 0 Å². The van der Waals surface area contributed by atoms with Gasteiger partial charge in [-0.25, -0.2) is 0 Å². The standard InChI is InChI=1S/C11H19NO4/c1-8(6-11(15)16)5-10(14)12-4-2-3-9(13)7-12/h8-9,13H,2-7H2,1H3,(H,15,16)/t8?,9-/m0/s1. The van der Waals surface area contributed by atoms with Crippen molar-refractivity contribution in [2.75, 3.05) is 13.1 Å². The molecule has 0 aromatic heterocycles. The second-order valence-electron chi connectivity index (χ2n) is 4.54. The molecular weight excluding hydrogens is 210 g/mol. The largest absolute Gasteiger partial charge is 0.481 e. The molecule has 5 nitrogen and oxygen atoms in total. The van der Waals surface area contributed by atoms with Crippen LogP contribution in [0.5, 0.6) is 0 Å². The minimum atomic E-state index is -0.876. The highest BCUT2D eigenvalue weighted by molar-refractivity contribution is 5.77. The van der Waals surface area contributed by atoms with E-state index in [4.69, 9.17) is 5.11 Å². The zero-order valence-electron chi connectivity index (χ0n) is 9.56. The molecule has 1 amide bonds. The number of nitrogens with zero attached hydrogens (tertiary/aromatic N) is 1. The molecule has 1 fully saturated rings. The van der Waals surface area contributed by atoms with Crippen molar-refractivity contribution in [2.24, 2.45) is 5.92 Å². The third-order valence-electron chi connectivity index (χ3n) is 2.80. The lowest BCUT2D eigenvalue weighted by Crippen LogP contribution is -2.42. The zero-order valence-corrected chi connectivity index (χ0v) is 9.56. The van der Waals surface area contributed by atoms with Crippen molar-refractivity contribution in [2.45, 2.75) is 38.7 Å². The van der Waals surface area contributed by atoms with Gasteiger partial charge >= 0.3 is 5.97 Å². The first-order valence-electron chi connectivity index (χ1n) is 5.66. The average Bonchev–Trinajstić information content (AvgIpc) is 2.16. The number of carbonyl (C=O) groups excluding carboxylic acids is 1. The molecule has 16 heavy (non-hydrogen) atoms. The van der Waals surface area contributed by atoms with Crippen LogP contribution < -0.4 is 0 Å². The van der Waals surface area contributed by atoms with E-state index in [0.29, 0.717) is 13.1 Å². The van der Waals surface area contributed by atoms with Gasteiger partial charge in [-0.05, 0) is 18.8 Å². The van der Waals surface area contributed by atoms with Gasteiger partial charge in [0, 0.05) is 25.9 Å². The van der Waals surface area contributed by atoms with Gasteiger partial charge in [-0.2, -0.15) is 0 Å². The summed E-state index contributed by atoms with van der Waals surface area (Å²) in [6.45, 7) is 2.82. The smallest absolute Gasteiger partial charge is 0.303 e. The maximum Gasteiger partial charge on any atom is 0.303 e. The van der Waals surface area contributed by atoms with E-state index in [-0.39, 0.29) is 24.7 Å². The van der Waals surface area contributed by atoms with Crippen LogP contribution in [-0.2, 0) is 9.59 Å². The molecule has 0 aromatic carbocycles. The number of rotatable bonds is 4. The van der Waals surface area contributed by atoms with Crippen LogP contribution >= 0.6 is 0 Å². The Kier molecular flexibility index (Phi) is 4.73. The van der Waals surface area contributed by atoms with Crippen LogP contribution in [0.15, 0.2) is 0 Å². The van der Waals surface area contributed by atoms with E-state index >= 15 is 0 Å². The van der Waals surface area contributed by atoms with Crippen molar-refractivity contribution in [1.82, 2.24) is 4.90 Å². The molecule has 1 aliphatic heterocycles. The van der Waals surface area contributed by atoms with Crippen LogP contribution in [0.25, 0.3) is 0 Å². The number of hydrogen-bond acceptors (Lipinski definition) is 3. The number of hydrogen-bond donors (Lipinski definition) is 2. The lowest BCUT2D eigenvalue weighted by molar-refractivity contribution is -0.139. The number of aliphatic hydroxyl groups excluding tert-OH is 1. The quantitative estimate of drug-likeness (QED) is 0.734. The van der Waals surface area contributed by atoms with E-state index in [2.05, 4.69) is 0 Å². The third-order valence-corrected chi connectivity index (χ3v) is 2.80. The summed E-state index contributed by atoms with van der Waals surface area (Å²) in [5, 5.41) is 18.0. The van der Waals surface area contributed by atoms with Crippen LogP contribution in [0.3, 0.4) is 0 Å². The third kappa shape index (κ3) is 4.18. The van der Waals surface area contributed by atoms with Crippen LogP contribution in [0.1, 0.15) is 32.6 Å². The number of carboxylic acids is 1. The zero-order chi connectivity index (χ0) is 12.1. The fraction of sp³-hybridized carbons (Fsp3) is 0.818. The number of β-amino-alcohol motifs (C(OH)–C–C–N with tert-alkyl or cyclic N) is 1. The number of carbonyl (C=O) groups is 2. The van der Waals surface area contributed by atoms with E-state index in [1.54, 1.807) is 11.8 Å². The Balaban J connectivity index is 2.36. The van der Waals surface area contributed by atoms with Crippen molar-refractivity contribution in [3.8, 4) is 0 Å². The maximum absolute atomic E-state index is 11.8. The van der Waals surface area contributed by atoms with Crippen molar-refractivity contribution >= 4 is 11.9 Å². The van der Waals surface area contributed by atoms with Crippen LogP contribution in [-0.4, -0.2) is 46.2 Å². The first kappa shape index (κ1) is 13.0. The summed E-state index contributed by atoms with van der Waals surface area (Å²) in [5.74, 6) is -1.07. The maximum atomic E-state index is 11.8. The molecule has 0 spiro atoms. The van der Waals surface area contributed by atoms with Gasteiger partial charge in [0.25, 0.3) is 0 Å². The molecule has 1 unspecified atom stereocenters. The number of amides is 1. The molecule has 1 saturated heterocycles. The predicted octanol–water partition coefficient (Wildman–Crippen LogP) is 0.471. The molecule has 0 aromatic rings. The Hall–Kier alpha value is -1.10. The highest BCUT2D eigenvalue weighted by Gasteiger charge is 2.23. The summed E-state index contributed by atoms with van der Waals surface area (Å²) in [5.41, 5.74) is 0. The minimum Gasteiger partial charge on any atom is -0.481 e. The van der Waals surface area contributed by atoms with Gasteiger partial charge in [0.15, 0.2) is 0 Å². The van der Waals surface area contributed by atoms with Crippen LogP contribution in [0.2, 0.25) is 0 Å². The van der Waals surface area contributed by atoms with Crippen LogP contribution in [0.4, 0.5) is 0 Å². The molecule has 2 atom stereocenters. The Morgan fingerprint density at radius 3 is 2.69 bits per heavy atom. The molecule has 0 aliphatic carbocycles. The predicted molar refractivity (Wildman–Crippen MR) is 57.9 cm³/mol. The molecule has 1 aliphatic rings. The van der Waals surface area contributed by atoms with Crippen molar-refractivity contribution in [3.63, 3.8) is 0 Å². The Bertz CT molecular complexity index is 267. The van der Waals surface area contributed by atoms with Crippen molar-refractivity contribution in [1.29, 1.82) is 0 Å². The van der Waals surface area contributed by atoms with E-state index in [9.17, 15) is 14.7 Å². The summed E-state index contributed by atoms with van der Waals surface area (Å²) in [4.78, 5) is 23.8. The molecule has 5 heteroatoms. The summed E-state index contributed by atoms with van der Waals surface area (Å²) < 4.78 is 0. The van der Waals surface area contributed by atoms with Crippen LogP contribution in [0, 0.1) is 5.92 Å². The number of piperidine rings is 1. The van der Waals surface area contributed by atoms with E-state index < -0.39 is 12.1 Å². The lowest BCUT2D eigenvalue weighted by Gasteiger charge is -2.30. The monoisotopic (exact) mass is 229 g/mol. The van der Waals surface area contributed by atoms with Gasteiger partial charge in [-0.3, -0.25) is 9.59 Å². The number of aliphatic carboxylic acids is 1. The molecule has 1 heterocycles.